The van der Waals surface area contributed by atoms with Crippen molar-refractivity contribution >= 4 is 12.1 Å². The molecule has 0 bridgehead atoms. The van der Waals surface area contributed by atoms with Gasteiger partial charge in [0, 0.05) is 20.5 Å². The molecule has 200 valence electrons. The number of carbonyl (C=O) groups excluding carboxylic acids is 2. The fourth-order valence-corrected chi connectivity index (χ4v) is 5.05. The van der Waals surface area contributed by atoms with Crippen molar-refractivity contribution in [3.8, 4) is 0 Å². The van der Waals surface area contributed by atoms with Crippen LogP contribution in [0.5, 0.6) is 0 Å². The molecule has 0 unspecified atom stereocenters. The number of rotatable bonds is 7. The number of piperidine rings is 1. The Morgan fingerprint density at radius 1 is 1.17 bits per heavy atom. The highest BCUT2D eigenvalue weighted by Gasteiger charge is 2.62. The van der Waals surface area contributed by atoms with Crippen LogP contribution in [-0.2, 0) is 35.1 Å². The molecule has 4 rings (SSSR count). The van der Waals surface area contributed by atoms with E-state index in [1.54, 1.807) is 27.9 Å². The number of benzene rings is 1. The molecule has 3 saturated heterocycles. The summed E-state index contributed by atoms with van der Waals surface area (Å²) in [6.07, 6.45) is -1.24. The molecule has 10 heteroatoms. The lowest BCUT2D eigenvalue weighted by Gasteiger charge is -2.45. The van der Waals surface area contributed by atoms with Crippen molar-refractivity contribution in [2.45, 2.75) is 69.6 Å². The van der Waals surface area contributed by atoms with Gasteiger partial charge in [0.15, 0.2) is 11.9 Å². The van der Waals surface area contributed by atoms with E-state index < -0.39 is 36.0 Å². The first-order chi connectivity index (χ1) is 17.1. The van der Waals surface area contributed by atoms with Crippen molar-refractivity contribution in [1.82, 2.24) is 9.80 Å². The number of amides is 1. The van der Waals surface area contributed by atoms with E-state index in [9.17, 15) is 14.7 Å². The van der Waals surface area contributed by atoms with Crippen LogP contribution in [0.3, 0.4) is 0 Å². The third-order valence-corrected chi connectivity index (χ3v) is 6.91. The van der Waals surface area contributed by atoms with Crippen LogP contribution in [0.15, 0.2) is 30.3 Å². The predicted octanol–water partition coefficient (Wildman–Crippen LogP) is 2.14. The summed E-state index contributed by atoms with van der Waals surface area (Å²) in [6, 6.07) is 9.66. The molecule has 0 radical (unpaired) electrons. The average Bonchev–Trinajstić information content (AvgIpc) is 3.12. The minimum Gasteiger partial charge on any atom is -0.461 e. The number of fused-ring (bicyclic) bond motifs is 1. The summed E-state index contributed by atoms with van der Waals surface area (Å²) in [5.41, 5.74) is 0.976. The molecule has 3 aliphatic heterocycles. The number of nitrogens with zero attached hydrogens (tertiary/aromatic N) is 2. The molecule has 4 atom stereocenters. The molecule has 1 N–H and O–H groups in total. The number of carbonyl (C=O) groups is 2. The van der Waals surface area contributed by atoms with Crippen LogP contribution in [0, 0.1) is 5.92 Å². The number of likely N-dealkylation sites (tertiary alicyclic amines) is 1. The normalized spacial score (nSPS) is 30.4. The fourth-order valence-electron chi connectivity index (χ4n) is 5.05. The van der Waals surface area contributed by atoms with Gasteiger partial charge >= 0.3 is 12.1 Å². The molecule has 0 aliphatic carbocycles. The lowest BCUT2D eigenvalue weighted by molar-refractivity contribution is -0.297. The van der Waals surface area contributed by atoms with Gasteiger partial charge in [-0.1, -0.05) is 30.3 Å². The summed E-state index contributed by atoms with van der Waals surface area (Å²) in [5, 5.41) is 11.0. The van der Waals surface area contributed by atoms with E-state index in [1.807, 2.05) is 30.3 Å². The molecule has 0 saturated carbocycles. The maximum absolute atomic E-state index is 12.3. The Balaban J connectivity index is 1.29. The van der Waals surface area contributed by atoms with E-state index >= 15 is 0 Å². The first-order valence-electron chi connectivity index (χ1n) is 12.6. The standard InChI is InChI=1S/C26H38N2O8/c1-25(2)35-23-22(30)20(34-24(31)27(3)4)16-33-26(23,36-25)17-28-12-10-18(11-13-28)14-21(29)32-15-19-8-6-5-7-9-19/h5-9,18,20,22-23,30H,10-17H2,1-4H3/t20-,22-,23+,26+/m1/s1. The van der Waals surface area contributed by atoms with Crippen LogP contribution in [0.4, 0.5) is 4.79 Å². The minimum atomic E-state index is -1.18. The van der Waals surface area contributed by atoms with E-state index in [0.29, 0.717) is 19.6 Å². The summed E-state index contributed by atoms with van der Waals surface area (Å²) in [4.78, 5) is 27.9. The molecule has 3 fully saturated rings. The number of esters is 1. The summed E-state index contributed by atoms with van der Waals surface area (Å²) in [5.74, 6) is -2.07. The number of aliphatic hydroxyl groups excluding tert-OH is 1. The van der Waals surface area contributed by atoms with Crippen LogP contribution >= 0.6 is 0 Å². The van der Waals surface area contributed by atoms with Gasteiger partial charge in [0.25, 0.3) is 0 Å². The summed E-state index contributed by atoms with van der Waals surface area (Å²) < 4.78 is 29.2. The molecule has 3 aliphatic rings. The monoisotopic (exact) mass is 506 g/mol. The Kier molecular flexibility index (Phi) is 8.21. The Bertz CT molecular complexity index is 902. The number of hydrogen-bond acceptors (Lipinski definition) is 9. The lowest BCUT2D eigenvalue weighted by Crippen LogP contribution is -2.64. The van der Waals surface area contributed by atoms with Crippen LogP contribution in [-0.4, -0.2) is 97.2 Å². The molecular formula is C26H38N2O8. The molecule has 1 aromatic carbocycles. The van der Waals surface area contributed by atoms with Crippen LogP contribution in [0.1, 0.15) is 38.7 Å². The van der Waals surface area contributed by atoms with Crippen molar-refractivity contribution in [3.63, 3.8) is 0 Å². The highest BCUT2D eigenvalue weighted by atomic mass is 16.8. The van der Waals surface area contributed by atoms with E-state index in [-0.39, 0.29) is 18.5 Å². The second kappa shape index (κ2) is 11.0. The highest BCUT2D eigenvalue weighted by Crippen LogP contribution is 2.43. The van der Waals surface area contributed by atoms with Gasteiger partial charge in [-0.2, -0.15) is 0 Å². The predicted molar refractivity (Wildman–Crippen MR) is 129 cm³/mol. The number of aliphatic hydroxyl groups is 1. The van der Waals surface area contributed by atoms with Crippen molar-refractivity contribution in [1.29, 1.82) is 0 Å². The van der Waals surface area contributed by atoms with Crippen molar-refractivity contribution < 1.29 is 38.4 Å². The molecule has 36 heavy (non-hydrogen) atoms. The van der Waals surface area contributed by atoms with Gasteiger partial charge < -0.3 is 33.7 Å². The molecule has 3 heterocycles. The maximum atomic E-state index is 12.3. The molecular weight excluding hydrogens is 468 g/mol. The Morgan fingerprint density at radius 3 is 2.53 bits per heavy atom. The summed E-state index contributed by atoms with van der Waals surface area (Å²) >= 11 is 0. The highest BCUT2D eigenvalue weighted by molar-refractivity contribution is 5.69. The Hall–Kier alpha value is -2.24. The van der Waals surface area contributed by atoms with Crippen LogP contribution < -0.4 is 0 Å². The average molecular weight is 507 g/mol. The van der Waals surface area contributed by atoms with Gasteiger partial charge in [-0.05, 0) is 51.3 Å². The topological polar surface area (TPSA) is 107 Å². The maximum Gasteiger partial charge on any atom is 0.409 e. The van der Waals surface area contributed by atoms with Crippen LogP contribution in [0.2, 0.25) is 0 Å². The lowest BCUT2D eigenvalue weighted by atomic mass is 9.91. The zero-order chi connectivity index (χ0) is 25.9. The number of ether oxygens (including phenoxy) is 5. The molecule has 10 nitrogen and oxygen atoms in total. The fraction of sp³-hybridized carbons (Fsp3) is 0.692. The minimum absolute atomic E-state index is 0.000403. The SMILES string of the molecule is CN(C)C(=O)O[C@@H]1CO[C@@]2(CN3CCC(CC(=O)OCc4ccccc4)CC3)OC(C)(C)O[C@H]2[C@@H]1O. The third kappa shape index (κ3) is 6.36. The van der Waals surface area contributed by atoms with Gasteiger partial charge in [-0.25, -0.2) is 4.79 Å². The van der Waals surface area contributed by atoms with E-state index in [0.717, 1.165) is 31.5 Å². The van der Waals surface area contributed by atoms with Gasteiger partial charge in [-0.15, -0.1) is 0 Å². The van der Waals surface area contributed by atoms with Gasteiger partial charge in [0.2, 0.25) is 5.79 Å². The second-order valence-electron chi connectivity index (χ2n) is 10.5. The molecule has 0 spiro atoms. The molecule has 1 amide bonds. The summed E-state index contributed by atoms with van der Waals surface area (Å²) in [6.45, 7) is 5.76. The van der Waals surface area contributed by atoms with Gasteiger partial charge in [0.05, 0.1) is 13.2 Å². The first kappa shape index (κ1) is 26.8. The van der Waals surface area contributed by atoms with Crippen molar-refractivity contribution in [3.05, 3.63) is 35.9 Å². The quantitative estimate of drug-likeness (QED) is 0.557. The zero-order valence-corrected chi connectivity index (χ0v) is 21.6. The smallest absolute Gasteiger partial charge is 0.409 e. The Labute approximate surface area is 212 Å². The summed E-state index contributed by atoms with van der Waals surface area (Å²) in [7, 11) is 3.15. The van der Waals surface area contributed by atoms with Gasteiger partial charge in [-0.3, -0.25) is 9.69 Å². The number of hydrogen-bond donors (Lipinski definition) is 1. The van der Waals surface area contributed by atoms with Crippen LogP contribution in [0.25, 0.3) is 0 Å². The second-order valence-corrected chi connectivity index (χ2v) is 10.5. The van der Waals surface area contributed by atoms with E-state index in [1.165, 1.54) is 4.90 Å². The third-order valence-electron chi connectivity index (χ3n) is 6.91. The zero-order valence-electron chi connectivity index (χ0n) is 21.6. The molecule has 0 aromatic heterocycles. The first-order valence-corrected chi connectivity index (χ1v) is 12.6. The largest absolute Gasteiger partial charge is 0.461 e. The van der Waals surface area contributed by atoms with Crippen molar-refractivity contribution in [2.75, 3.05) is 40.3 Å². The molecule has 1 aromatic rings. The van der Waals surface area contributed by atoms with Gasteiger partial charge in [0.1, 0.15) is 18.8 Å². The van der Waals surface area contributed by atoms with Crippen molar-refractivity contribution in [2.24, 2.45) is 5.92 Å². The Morgan fingerprint density at radius 2 is 1.86 bits per heavy atom. The van der Waals surface area contributed by atoms with E-state index in [4.69, 9.17) is 23.7 Å². The van der Waals surface area contributed by atoms with E-state index in [2.05, 4.69) is 4.90 Å².